The molecule has 3 N–H and O–H groups in total. The summed E-state index contributed by atoms with van der Waals surface area (Å²) in [6.45, 7) is 7.57. The van der Waals surface area contributed by atoms with Crippen molar-refractivity contribution in [3.05, 3.63) is 0 Å². The Kier molecular flexibility index (Phi) is 9.63. The number of ether oxygens (including phenoxy) is 1. The fraction of sp³-hybridized carbons (Fsp3) is 0.917. The van der Waals surface area contributed by atoms with Gasteiger partial charge in [0, 0.05) is 26.7 Å². The molecule has 1 unspecified atom stereocenters. The highest BCUT2D eigenvalue weighted by Crippen LogP contribution is 1.97. The van der Waals surface area contributed by atoms with Gasteiger partial charge in [-0.15, -0.1) is 0 Å². The third-order valence-corrected chi connectivity index (χ3v) is 2.49. The van der Waals surface area contributed by atoms with E-state index in [1.54, 1.807) is 7.11 Å². The van der Waals surface area contributed by atoms with Gasteiger partial charge in [-0.2, -0.15) is 0 Å². The number of nitrogens with zero attached hydrogens (tertiary/aromatic N) is 3. The van der Waals surface area contributed by atoms with Gasteiger partial charge in [0.25, 0.3) is 0 Å². The lowest BCUT2D eigenvalue weighted by Crippen LogP contribution is -2.48. The van der Waals surface area contributed by atoms with Gasteiger partial charge in [0.05, 0.1) is 12.6 Å². The molecule has 6 nitrogen and oxygen atoms in total. The maximum absolute atomic E-state index is 5.58. The predicted molar refractivity (Wildman–Crippen MR) is 76.5 cm³/mol. The van der Waals surface area contributed by atoms with Crippen LogP contribution in [-0.4, -0.2) is 69.2 Å². The van der Waals surface area contributed by atoms with Crippen molar-refractivity contribution >= 4 is 5.96 Å². The van der Waals surface area contributed by atoms with Gasteiger partial charge in [-0.25, -0.2) is 10.8 Å². The zero-order valence-electron chi connectivity index (χ0n) is 12.4. The molecule has 0 aliphatic rings. The zero-order chi connectivity index (χ0) is 14.0. The van der Waals surface area contributed by atoms with Gasteiger partial charge in [0.1, 0.15) is 0 Å². The number of hydrogen-bond acceptors (Lipinski definition) is 4. The molecule has 0 radical (unpaired) electrons. The number of rotatable bonds is 8. The Bertz CT molecular complexity index is 233. The highest BCUT2D eigenvalue weighted by Gasteiger charge is 2.11. The summed E-state index contributed by atoms with van der Waals surface area (Å²) in [6.07, 6.45) is 1.06. The maximum Gasteiger partial charge on any atom is 0.208 e. The van der Waals surface area contributed by atoms with Crippen LogP contribution in [0.3, 0.4) is 0 Å². The van der Waals surface area contributed by atoms with Crippen LogP contribution in [0.4, 0.5) is 0 Å². The van der Waals surface area contributed by atoms with Crippen molar-refractivity contribution in [2.24, 2.45) is 10.8 Å². The minimum Gasteiger partial charge on any atom is -0.382 e. The molecule has 18 heavy (non-hydrogen) atoms. The molecular weight excluding hydrogens is 230 g/mol. The first kappa shape index (κ1) is 17.2. The summed E-state index contributed by atoms with van der Waals surface area (Å²) >= 11 is 0. The average molecular weight is 259 g/mol. The molecule has 0 rings (SSSR count). The molecule has 6 heteroatoms. The lowest BCUT2D eigenvalue weighted by Gasteiger charge is -2.27. The summed E-state index contributed by atoms with van der Waals surface area (Å²) < 4.78 is 5.08. The number of likely N-dealkylation sites (N-methyl/N-ethyl adjacent to an activating group) is 1. The molecule has 0 spiro atoms. The zero-order valence-corrected chi connectivity index (χ0v) is 12.4. The molecular formula is C12H29N5O. The van der Waals surface area contributed by atoms with E-state index < -0.39 is 0 Å². The summed E-state index contributed by atoms with van der Waals surface area (Å²) in [4.78, 5) is 8.87. The van der Waals surface area contributed by atoms with Gasteiger partial charge in [-0.1, -0.05) is 6.92 Å². The SMILES string of the molecule is CCCN(CCN(C)C)C(=NC(C)COC)NN. The lowest BCUT2D eigenvalue weighted by molar-refractivity contribution is 0.185. The summed E-state index contributed by atoms with van der Waals surface area (Å²) in [5.74, 6) is 6.32. The normalized spacial score (nSPS) is 13.8. The fourth-order valence-electron chi connectivity index (χ4n) is 1.61. The van der Waals surface area contributed by atoms with Gasteiger partial charge in [0.15, 0.2) is 0 Å². The minimum absolute atomic E-state index is 0.0970. The molecule has 0 bridgehead atoms. The monoisotopic (exact) mass is 259 g/mol. The number of nitrogens with two attached hydrogens (primary N) is 1. The van der Waals surface area contributed by atoms with Crippen molar-refractivity contribution in [2.75, 3.05) is 47.4 Å². The average Bonchev–Trinajstić information content (AvgIpc) is 2.32. The summed E-state index contributed by atoms with van der Waals surface area (Å²) in [5, 5.41) is 0. The molecule has 0 amide bonds. The Labute approximate surface area is 111 Å². The molecule has 0 aliphatic heterocycles. The molecule has 0 aromatic carbocycles. The third-order valence-electron chi connectivity index (χ3n) is 2.49. The second-order valence-corrected chi connectivity index (χ2v) is 4.69. The van der Waals surface area contributed by atoms with Crippen molar-refractivity contribution in [3.8, 4) is 0 Å². The molecule has 0 aromatic heterocycles. The van der Waals surface area contributed by atoms with Crippen LogP contribution in [0.5, 0.6) is 0 Å². The topological polar surface area (TPSA) is 66.1 Å². The highest BCUT2D eigenvalue weighted by atomic mass is 16.5. The first-order valence-corrected chi connectivity index (χ1v) is 6.48. The van der Waals surface area contributed by atoms with E-state index in [0.29, 0.717) is 6.61 Å². The van der Waals surface area contributed by atoms with E-state index >= 15 is 0 Å². The smallest absolute Gasteiger partial charge is 0.208 e. The molecule has 0 heterocycles. The molecule has 0 fully saturated rings. The maximum atomic E-state index is 5.58. The largest absolute Gasteiger partial charge is 0.382 e. The number of hydrazine groups is 1. The molecule has 0 saturated carbocycles. The van der Waals surface area contributed by atoms with E-state index in [0.717, 1.165) is 32.0 Å². The van der Waals surface area contributed by atoms with E-state index in [4.69, 9.17) is 10.6 Å². The lowest BCUT2D eigenvalue weighted by atomic mass is 10.3. The van der Waals surface area contributed by atoms with Crippen molar-refractivity contribution in [1.82, 2.24) is 15.2 Å². The van der Waals surface area contributed by atoms with E-state index in [9.17, 15) is 0 Å². The quantitative estimate of drug-likeness (QED) is 0.280. The molecule has 1 atom stereocenters. The van der Waals surface area contributed by atoms with E-state index in [1.165, 1.54) is 0 Å². The number of aliphatic imine (C=N–C) groups is 1. The van der Waals surface area contributed by atoms with Crippen molar-refractivity contribution in [3.63, 3.8) is 0 Å². The predicted octanol–water partition coefficient (Wildman–Crippen LogP) is 0.114. The molecule has 0 aromatic rings. The van der Waals surface area contributed by atoms with Crippen LogP contribution in [0, 0.1) is 0 Å². The van der Waals surface area contributed by atoms with Crippen LogP contribution < -0.4 is 11.3 Å². The van der Waals surface area contributed by atoms with Crippen LogP contribution in [0.2, 0.25) is 0 Å². The van der Waals surface area contributed by atoms with Crippen LogP contribution in [0.25, 0.3) is 0 Å². The second-order valence-electron chi connectivity index (χ2n) is 4.69. The third kappa shape index (κ3) is 7.47. The fourth-order valence-corrected chi connectivity index (χ4v) is 1.61. The summed E-state index contributed by atoms with van der Waals surface area (Å²) in [7, 11) is 5.80. The number of hydrogen-bond donors (Lipinski definition) is 2. The van der Waals surface area contributed by atoms with Crippen LogP contribution >= 0.6 is 0 Å². The van der Waals surface area contributed by atoms with Crippen molar-refractivity contribution in [2.45, 2.75) is 26.3 Å². The minimum atomic E-state index is 0.0970. The molecule has 0 saturated heterocycles. The van der Waals surface area contributed by atoms with Crippen molar-refractivity contribution in [1.29, 1.82) is 0 Å². The van der Waals surface area contributed by atoms with E-state index in [2.05, 4.69) is 41.2 Å². The Morgan fingerprint density at radius 3 is 2.44 bits per heavy atom. The van der Waals surface area contributed by atoms with Gasteiger partial charge in [-0.05, 0) is 27.4 Å². The van der Waals surface area contributed by atoms with E-state index in [1.807, 2.05) is 6.92 Å². The highest BCUT2D eigenvalue weighted by molar-refractivity contribution is 5.79. The standard InChI is InChI=1S/C12H29N5O/c1-6-7-17(9-8-16(3)4)12(15-13)14-11(2)10-18-5/h11H,6-10,13H2,1-5H3,(H,14,15). The number of nitrogens with one attached hydrogen (secondary N) is 1. The van der Waals surface area contributed by atoms with Gasteiger partial charge in [-0.3, -0.25) is 5.43 Å². The Morgan fingerprint density at radius 2 is 2.00 bits per heavy atom. The number of guanidine groups is 1. The van der Waals surface area contributed by atoms with Gasteiger partial charge < -0.3 is 14.5 Å². The Morgan fingerprint density at radius 1 is 1.33 bits per heavy atom. The second kappa shape index (κ2) is 10.1. The Balaban J connectivity index is 4.58. The van der Waals surface area contributed by atoms with Gasteiger partial charge in [0.2, 0.25) is 5.96 Å². The summed E-state index contributed by atoms with van der Waals surface area (Å²) in [6, 6.07) is 0.0970. The molecule has 108 valence electrons. The first-order chi connectivity index (χ1) is 8.54. The first-order valence-electron chi connectivity index (χ1n) is 6.48. The summed E-state index contributed by atoms with van der Waals surface area (Å²) in [5.41, 5.74) is 2.70. The van der Waals surface area contributed by atoms with Crippen LogP contribution in [0.15, 0.2) is 4.99 Å². The van der Waals surface area contributed by atoms with Crippen LogP contribution in [0.1, 0.15) is 20.3 Å². The van der Waals surface area contributed by atoms with Crippen molar-refractivity contribution < 1.29 is 4.74 Å². The number of methoxy groups -OCH3 is 1. The Hall–Kier alpha value is -0.850. The van der Waals surface area contributed by atoms with Gasteiger partial charge >= 0.3 is 0 Å². The molecule has 0 aliphatic carbocycles. The van der Waals surface area contributed by atoms with E-state index in [-0.39, 0.29) is 6.04 Å². The van der Waals surface area contributed by atoms with Crippen LogP contribution in [-0.2, 0) is 4.74 Å².